The van der Waals surface area contributed by atoms with Gasteiger partial charge in [0.25, 0.3) is 0 Å². The van der Waals surface area contributed by atoms with Crippen LogP contribution in [0.15, 0.2) is 24.4 Å². The van der Waals surface area contributed by atoms with E-state index in [1.165, 1.54) is 37.8 Å². The average molecular weight is 288 g/mol. The van der Waals surface area contributed by atoms with E-state index >= 15 is 0 Å². The summed E-state index contributed by atoms with van der Waals surface area (Å²) < 4.78 is 0. The Morgan fingerprint density at radius 2 is 1.90 bits per heavy atom. The molecule has 2 rings (SSSR count). The van der Waals surface area contributed by atoms with Gasteiger partial charge in [-0.05, 0) is 63.1 Å². The van der Waals surface area contributed by atoms with Gasteiger partial charge >= 0.3 is 0 Å². The maximum Gasteiger partial charge on any atom is 0.0572 e. The zero-order chi connectivity index (χ0) is 15.5. The number of pyridine rings is 1. The van der Waals surface area contributed by atoms with Gasteiger partial charge in [-0.3, -0.25) is 9.88 Å². The van der Waals surface area contributed by atoms with E-state index in [0.717, 1.165) is 5.92 Å². The topological polar surface area (TPSA) is 16.1 Å². The van der Waals surface area contributed by atoms with Crippen molar-refractivity contribution in [2.75, 3.05) is 7.05 Å². The van der Waals surface area contributed by atoms with Crippen LogP contribution in [0.4, 0.5) is 0 Å². The van der Waals surface area contributed by atoms with E-state index in [0.29, 0.717) is 17.5 Å². The van der Waals surface area contributed by atoms with E-state index in [1.54, 1.807) is 0 Å². The molecule has 0 N–H and O–H groups in total. The third kappa shape index (κ3) is 3.85. The van der Waals surface area contributed by atoms with Crippen LogP contribution in [-0.4, -0.2) is 23.0 Å². The highest BCUT2D eigenvalue weighted by Crippen LogP contribution is 2.42. The molecule has 0 amide bonds. The van der Waals surface area contributed by atoms with Crippen LogP contribution in [-0.2, 0) is 0 Å². The molecule has 0 aliphatic heterocycles. The molecule has 1 fully saturated rings. The van der Waals surface area contributed by atoms with Gasteiger partial charge in [0.15, 0.2) is 0 Å². The second kappa shape index (κ2) is 6.91. The molecule has 2 nitrogen and oxygen atoms in total. The first-order chi connectivity index (χ1) is 9.95. The van der Waals surface area contributed by atoms with Gasteiger partial charge in [-0.15, -0.1) is 0 Å². The van der Waals surface area contributed by atoms with Gasteiger partial charge in [0.1, 0.15) is 0 Å². The fraction of sp³-hybridized carbons (Fsp3) is 0.737. The fourth-order valence-electron chi connectivity index (χ4n) is 3.70. The Labute approximate surface area is 131 Å². The Kier molecular flexibility index (Phi) is 5.43. The van der Waals surface area contributed by atoms with Crippen LogP contribution in [0.5, 0.6) is 0 Å². The average Bonchev–Trinajstić information content (AvgIpc) is 2.54. The van der Waals surface area contributed by atoms with Gasteiger partial charge in [-0.25, -0.2) is 0 Å². The molecule has 1 aliphatic rings. The van der Waals surface area contributed by atoms with Crippen molar-refractivity contribution in [2.45, 2.75) is 71.9 Å². The first-order valence-electron chi connectivity index (χ1n) is 8.58. The lowest BCUT2D eigenvalue weighted by atomic mass is 9.68. The first-order valence-corrected chi connectivity index (χ1v) is 8.58. The van der Waals surface area contributed by atoms with E-state index < -0.39 is 0 Å². The quantitative estimate of drug-likeness (QED) is 0.752. The molecule has 0 saturated heterocycles. The zero-order valence-corrected chi connectivity index (χ0v) is 14.5. The highest BCUT2D eigenvalue weighted by atomic mass is 15.2. The molecule has 1 unspecified atom stereocenters. The van der Waals surface area contributed by atoms with Crippen LogP contribution in [0.25, 0.3) is 0 Å². The minimum Gasteiger partial charge on any atom is -0.295 e. The summed E-state index contributed by atoms with van der Waals surface area (Å²) in [6.07, 6.45) is 8.63. The van der Waals surface area contributed by atoms with E-state index in [4.69, 9.17) is 0 Å². The summed E-state index contributed by atoms with van der Waals surface area (Å²) in [7, 11) is 2.27. The summed E-state index contributed by atoms with van der Waals surface area (Å²) in [5, 5.41) is 0. The van der Waals surface area contributed by atoms with Gasteiger partial charge in [-0.1, -0.05) is 33.3 Å². The van der Waals surface area contributed by atoms with Crippen molar-refractivity contribution in [3.8, 4) is 0 Å². The van der Waals surface area contributed by atoms with Crippen molar-refractivity contribution in [1.29, 1.82) is 0 Å². The SMILES string of the molecule is CCC(C)(C)C1CCC(N(C)C(C)c2ccccn2)CC1. The molecule has 0 radical (unpaired) electrons. The monoisotopic (exact) mass is 288 g/mol. The lowest BCUT2D eigenvalue weighted by molar-refractivity contribution is 0.0797. The fourth-order valence-corrected chi connectivity index (χ4v) is 3.70. The molecule has 1 heterocycles. The first kappa shape index (κ1) is 16.5. The largest absolute Gasteiger partial charge is 0.295 e. The molecule has 1 aromatic heterocycles. The van der Waals surface area contributed by atoms with Crippen LogP contribution < -0.4 is 0 Å². The summed E-state index contributed by atoms with van der Waals surface area (Å²) in [6, 6.07) is 7.35. The Morgan fingerprint density at radius 3 is 2.43 bits per heavy atom. The number of hydrogen-bond acceptors (Lipinski definition) is 2. The lowest BCUT2D eigenvalue weighted by Crippen LogP contribution is -2.39. The maximum absolute atomic E-state index is 4.52. The van der Waals surface area contributed by atoms with Crippen molar-refractivity contribution in [3.05, 3.63) is 30.1 Å². The highest BCUT2D eigenvalue weighted by Gasteiger charge is 2.33. The van der Waals surface area contributed by atoms with Crippen molar-refractivity contribution >= 4 is 0 Å². The Balaban J connectivity index is 1.93. The van der Waals surface area contributed by atoms with Crippen LogP contribution >= 0.6 is 0 Å². The molecule has 0 aromatic carbocycles. The Morgan fingerprint density at radius 1 is 1.24 bits per heavy atom. The van der Waals surface area contributed by atoms with Crippen LogP contribution in [0, 0.1) is 11.3 Å². The summed E-state index contributed by atoms with van der Waals surface area (Å²) in [5.74, 6) is 0.900. The number of aromatic nitrogens is 1. The molecule has 21 heavy (non-hydrogen) atoms. The van der Waals surface area contributed by atoms with E-state index in [-0.39, 0.29) is 0 Å². The summed E-state index contributed by atoms with van der Waals surface area (Å²) in [5.41, 5.74) is 1.70. The maximum atomic E-state index is 4.52. The minimum atomic E-state index is 0.409. The third-order valence-corrected chi connectivity index (χ3v) is 6.02. The van der Waals surface area contributed by atoms with Crippen molar-refractivity contribution < 1.29 is 0 Å². The Hall–Kier alpha value is -0.890. The van der Waals surface area contributed by atoms with Gasteiger partial charge in [-0.2, -0.15) is 0 Å². The molecule has 1 saturated carbocycles. The van der Waals surface area contributed by atoms with Gasteiger partial charge in [0.2, 0.25) is 0 Å². The Bertz CT molecular complexity index is 418. The predicted molar refractivity (Wildman–Crippen MR) is 90.2 cm³/mol. The second-order valence-corrected chi connectivity index (χ2v) is 7.44. The smallest absolute Gasteiger partial charge is 0.0572 e. The van der Waals surface area contributed by atoms with E-state index in [1.807, 2.05) is 12.3 Å². The summed E-state index contributed by atoms with van der Waals surface area (Å²) >= 11 is 0. The number of rotatable bonds is 5. The standard InChI is InChI=1S/C19H32N2/c1-6-19(3,4)16-10-12-17(13-11-16)21(5)15(2)18-9-7-8-14-20-18/h7-9,14-17H,6,10-13H2,1-5H3. The van der Waals surface area contributed by atoms with Gasteiger partial charge in [0, 0.05) is 18.3 Å². The van der Waals surface area contributed by atoms with Gasteiger partial charge in [0.05, 0.1) is 5.69 Å². The molecule has 0 bridgehead atoms. The number of nitrogens with zero attached hydrogens (tertiary/aromatic N) is 2. The van der Waals surface area contributed by atoms with E-state index in [2.05, 4.69) is 56.8 Å². The minimum absolute atomic E-state index is 0.409. The van der Waals surface area contributed by atoms with E-state index in [9.17, 15) is 0 Å². The predicted octanol–water partition coefficient (Wildman–Crippen LogP) is 5.07. The summed E-state index contributed by atoms with van der Waals surface area (Å²) in [4.78, 5) is 7.06. The second-order valence-electron chi connectivity index (χ2n) is 7.44. The summed E-state index contributed by atoms with van der Waals surface area (Å²) in [6.45, 7) is 9.50. The molecule has 1 aromatic rings. The zero-order valence-electron chi connectivity index (χ0n) is 14.5. The molecule has 2 heteroatoms. The normalized spacial score (nSPS) is 25.0. The molecule has 1 aliphatic carbocycles. The van der Waals surface area contributed by atoms with Crippen molar-refractivity contribution in [1.82, 2.24) is 9.88 Å². The highest BCUT2D eigenvalue weighted by molar-refractivity contribution is 5.08. The molecule has 0 spiro atoms. The molecular formula is C19H32N2. The van der Waals surface area contributed by atoms with Crippen molar-refractivity contribution in [2.24, 2.45) is 11.3 Å². The molecule has 118 valence electrons. The van der Waals surface area contributed by atoms with Gasteiger partial charge < -0.3 is 0 Å². The van der Waals surface area contributed by atoms with Crippen LogP contribution in [0.1, 0.15) is 71.5 Å². The third-order valence-electron chi connectivity index (χ3n) is 6.02. The molecule has 1 atom stereocenters. The van der Waals surface area contributed by atoms with Crippen LogP contribution in [0.2, 0.25) is 0 Å². The number of hydrogen-bond donors (Lipinski definition) is 0. The van der Waals surface area contributed by atoms with Crippen molar-refractivity contribution in [3.63, 3.8) is 0 Å². The lowest BCUT2D eigenvalue weighted by Gasteiger charge is -2.42. The van der Waals surface area contributed by atoms with Crippen LogP contribution in [0.3, 0.4) is 0 Å². The molecular weight excluding hydrogens is 256 g/mol.